The number of anilines is 1. The van der Waals surface area contributed by atoms with Crippen LogP contribution in [0.1, 0.15) is 23.7 Å². The highest BCUT2D eigenvalue weighted by molar-refractivity contribution is 6.05. The number of hydrogen-bond acceptors (Lipinski definition) is 5. The molecular formula is C18H19N3O2. The third-order valence-electron chi connectivity index (χ3n) is 4.39. The Hall–Kier alpha value is -2.69. The number of benzene rings is 2. The third-order valence-corrected chi connectivity index (χ3v) is 4.39. The summed E-state index contributed by atoms with van der Waals surface area (Å²) in [5.74, 6) is 1.88. The third kappa shape index (κ3) is 2.29. The van der Waals surface area contributed by atoms with Gasteiger partial charge in [0.2, 0.25) is 0 Å². The SMILES string of the molecule is COc1ccc([C@H]2Nc3ccccc3C3=NCCCN32)c(O)c1. The highest BCUT2D eigenvalue weighted by Gasteiger charge is 2.33. The van der Waals surface area contributed by atoms with Crippen molar-refractivity contribution in [1.29, 1.82) is 0 Å². The minimum absolute atomic E-state index is 0.130. The molecule has 1 atom stereocenters. The number of para-hydroxylation sites is 1. The summed E-state index contributed by atoms with van der Waals surface area (Å²) in [6.45, 7) is 1.76. The Balaban J connectivity index is 1.81. The van der Waals surface area contributed by atoms with Gasteiger partial charge < -0.3 is 20.1 Å². The number of amidine groups is 1. The molecular weight excluding hydrogens is 290 g/mol. The number of aromatic hydroxyl groups is 1. The minimum Gasteiger partial charge on any atom is -0.507 e. The summed E-state index contributed by atoms with van der Waals surface area (Å²) in [5.41, 5.74) is 3.00. The second-order valence-corrected chi connectivity index (χ2v) is 5.77. The average molecular weight is 309 g/mol. The first kappa shape index (κ1) is 13.9. The van der Waals surface area contributed by atoms with Gasteiger partial charge in [-0.3, -0.25) is 4.99 Å². The Kier molecular flexibility index (Phi) is 3.33. The number of nitrogens with one attached hydrogen (secondary N) is 1. The minimum atomic E-state index is -0.130. The van der Waals surface area contributed by atoms with Crippen LogP contribution in [0.25, 0.3) is 0 Å². The van der Waals surface area contributed by atoms with Crippen LogP contribution in [0.5, 0.6) is 11.5 Å². The van der Waals surface area contributed by atoms with Crippen LogP contribution in [0.2, 0.25) is 0 Å². The summed E-state index contributed by atoms with van der Waals surface area (Å²) in [4.78, 5) is 6.96. The van der Waals surface area contributed by atoms with E-state index in [0.717, 1.165) is 42.2 Å². The lowest BCUT2D eigenvalue weighted by atomic mass is 10.0. The smallest absolute Gasteiger partial charge is 0.134 e. The molecule has 0 unspecified atom stereocenters. The fraction of sp³-hybridized carbons (Fsp3) is 0.278. The van der Waals surface area contributed by atoms with E-state index in [0.29, 0.717) is 5.75 Å². The molecule has 0 spiro atoms. The highest BCUT2D eigenvalue weighted by atomic mass is 16.5. The number of phenolic OH excluding ortho intramolecular Hbond substituents is 1. The number of methoxy groups -OCH3 is 1. The summed E-state index contributed by atoms with van der Waals surface area (Å²) in [5, 5.41) is 14.0. The lowest BCUT2D eigenvalue weighted by Crippen LogP contribution is -2.46. The van der Waals surface area contributed by atoms with Gasteiger partial charge in [-0.2, -0.15) is 0 Å². The molecule has 0 bridgehead atoms. The van der Waals surface area contributed by atoms with Gasteiger partial charge in [0, 0.05) is 36.0 Å². The summed E-state index contributed by atoms with van der Waals surface area (Å²) in [6, 6.07) is 13.6. The van der Waals surface area contributed by atoms with E-state index in [9.17, 15) is 5.11 Å². The zero-order chi connectivity index (χ0) is 15.8. The number of aliphatic imine (C=N–C) groups is 1. The van der Waals surface area contributed by atoms with Gasteiger partial charge in [0.25, 0.3) is 0 Å². The van der Waals surface area contributed by atoms with E-state index in [1.54, 1.807) is 13.2 Å². The normalized spacial score (nSPS) is 19.3. The molecule has 118 valence electrons. The summed E-state index contributed by atoms with van der Waals surface area (Å²) >= 11 is 0. The number of phenols is 1. The van der Waals surface area contributed by atoms with Crippen molar-refractivity contribution in [2.24, 2.45) is 4.99 Å². The molecule has 2 aromatic carbocycles. The molecule has 23 heavy (non-hydrogen) atoms. The van der Waals surface area contributed by atoms with Crippen LogP contribution >= 0.6 is 0 Å². The number of fused-ring (bicyclic) bond motifs is 3. The molecule has 0 amide bonds. The van der Waals surface area contributed by atoms with Gasteiger partial charge in [0.1, 0.15) is 23.5 Å². The molecule has 2 N–H and O–H groups in total. The quantitative estimate of drug-likeness (QED) is 0.895. The second-order valence-electron chi connectivity index (χ2n) is 5.77. The second kappa shape index (κ2) is 5.50. The van der Waals surface area contributed by atoms with Crippen LogP contribution in [0.3, 0.4) is 0 Å². The van der Waals surface area contributed by atoms with Crippen LogP contribution < -0.4 is 10.1 Å². The number of hydrogen-bond donors (Lipinski definition) is 2. The van der Waals surface area contributed by atoms with Crippen molar-refractivity contribution in [2.75, 3.05) is 25.5 Å². The maximum Gasteiger partial charge on any atom is 0.134 e. The first-order chi connectivity index (χ1) is 11.3. The largest absolute Gasteiger partial charge is 0.507 e. The molecule has 0 fully saturated rings. The van der Waals surface area contributed by atoms with Crippen molar-refractivity contribution in [1.82, 2.24) is 4.90 Å². The Morgan fingerprint density at radius 3 is 2.96 bits per heavy atom. The standard InChI is InChI=1S/C18H19N3O2/c1-23-12-7-8-14(16(22)11-12)18-20-15-6-3-2-5-13(15)17-19-9-4-10-21(17)18/h2-3,5-8,11,18,20,22H,4,9-10H2,1H3/t18-/m0/s1. The summed E-state index contributed by atoms with van der Waals surface area (Å²) in [7, 11) is 1.60. The monoisotopic (exact) mass is 309 g/mol. The fourth-order valence-electron chi connectivity index (χ4n) is 3.27. The molecule has 0 radical (unpaired) electrons. The maximum absolute atomic E-state index is 10.4. The summed E-state index contributed by atoms with van der Waals surface area (Å²) in [6.07, 6.45) is 0.885. The predicted molar refractivity (Wildman–Crippen MR) is 90.2 cm³/mol. The predicted octanol–water partition coefficient (Wildman–Crippen LogP) is 2.98. The van der Waals surface area contributed by atoms with E-state index in [1.807, 2.05) is 24.3 Å². The van der Waals surface area contributed by atoms with Gasteiger partial charge in [-0.15, -0.1) is 0 Å². The van der Waals surface area contributed by atoms with Gasteiger partial charge in [-0.05, 0) is 30.7 Å². The van der Waals surface area contributed by atoms with Gasteiger partial charge in [-0.1, -0.05) is 12.1 Å². The molecule has 0 saturated heterocycles. The molecule has 0 aromatic heterocycles. The van der Waals surface area contributed by atoms with Crippen molar-refractivity contribution in [3.8, 4) is 11.5 Å². The van der Waals surface area contributed by atoms with Crippen molar-refractivity contribution >= 4 is 11.5 Å². The van der Waals surface area contributed by atoms with Crippen LogP contribution in [-0.4, -0.2) is 36.0 Å². The molecule has 0 saturated carbocycles. The molecule has 2 aromatic rings. The molecule has 2 heterocycles. The number of nitrogens with zero attached hydrogens (tertiary/aromatic N) is 2. The van der Waals surface area contributed by atoms with E-state index in [2.05, 4.69) is 22.3 Å². The fourth-order valence-corrected chi connectivity index (χ4v) is 3.27. The van der Waals surface area contributed by atoms with Crippen LogP contribution in [0.4, 0.5) is 5.69 Å². The van der Waals surface area contributed by atoms with Crippen molar-refractivity contribution in [3.05, 3.63) is 53.6 Å². The van der Waals surface area contributed by atoms with Crippen molar-refractivity contribution in [2.45, 2.75) is 12.6 Å². The first-order valence-electron chi connectivity index (χ1n) is 7.82. The van der Waals surface area contributed by atoms with Crippen molar-refractivity contribution in [3.63, 3.8) is 0 Å². The molecule has 0 aliphatic carbocycles. The molecule has 5 nitrogen and oxygen atoms in total. The lowest BCUT2D eigenvalue weighted by Gasteiger charge is -2.42. The average Bonchev–Trinajstić information content (AvgIpc) is 2.61. The Morgan fingerprint density at radius 2 is 2.13 bits per heavy atom. The van der Waals surface area contributed by atoms with Crippen LogP contribution in [0, 0.1) is 0 Å². The Morgan fingerprint density at radius 1 is 1.26 bits per heavy atom. The summed E-state index contributed by atoms with van der Waals surface area (Å²) < 4.78 is 5.18. The molecule has 2 aliphatic rings. The van der Waals surface area contributed by atoms with Crippen molar-refractivity contribution < 1.29 is 9.84 Å². The zero-order valence-corrected chi connectivity index (χ0v) is 13.0. The van der Waals surface area contributed by atoms with E-state index >= 15 is 0 Å². The molecule has 2 aliphatic heterocycles. The van der Waals surface area contributed by atoms with E-state index in [4.69, 9.17) is 9.73 Å². The Bertz CT molecular complexity index is 773. The van der Waals surface area contributed by atoms with Gasteiger partial charge in [0.05, 0.1) is 7.11 Å². The highest BCUT2D eigenvalue weighted by Crippen LogP contribution is 2.38. The van der Waals surface area contributed by atoms with Gasteiger partial charge in [0.15, 0.2) is 0 Å². The van der Waals surface area contributed by atoms with E-state index < -0.39 is 0 Å². The van der Waals surface area contributed by atoms with Crippen LogP contribution in [0.15, 0.2) is 47.5 Å². The van der Waals surface area contributed by atoms with Gasteiger partial charge in [-0.25, -0.2) is 0 Å². The van der Waals surface area contributed by atoms with Crippen LogP contribution in [-0.2, 0) is 0 Å². The maximum atomic E-state index is 10.4. The number of ether oxygens (including phenoxy) is 1. The van der Waals surface area contributed by atoms with E-state index in [-0.39, 0.29) is 11.9 Å². The first-order valence-corrected chi connectivity index (χ1v) is 7.82. The molecule has 4 rings (SSSR count). The molecule has 5 heteroatoms. The number of rotatable bonds is 2. The zero-order valence-electron chi connectivity index (χ0n) is 13.0. The Labute approximate surface area is 135 Å². The van der Waals surface area contributed by atoms with Gasteiger partial charge >= 0.3 is 0 Å². The van der Waals surface area contributed by atoms with E-state index in [1.165, 1.54) is 0 Å². The topological polar surface area (TPSA) is 57.1 Å². The lowest BCUT2D eigenvalue weighted by molar-refractivity contribution is 0.313.